The van der Waals surface area contributed by atoms with Crippen molar-refractivity contribution in [3.8, 4) is 22.4 Å². The van der Waals surface area contributed by atoms with Crippen LogP contribution in [0.25, 0.3) is 66.3 Å². The number of aromatic nitrogens is 4. The van der Waals surface area contributed by atoms with Crippen LogP contribution in [0.3, 0.4) is 0 Å². The van der Waals surface area contributed by atoms with Gasteiger partial charge in [-0.15, -0.1) is 35.2 Å². The number of para-hydroxylation sites is 1. The second-order valence-electron chi connectivity index (χ2n) is 12.5. The van der Waals surface area contributed by atoms with Crippen LogP contribution in [0.15, 0.2) is 116 Å². The van der Waals surface area contributed by atoms with Gasteiger partial charge in [0.05, 0.1) is 16.9 Å². The molecule has 3 aromatic heterocycles. The number of benzene rings is 5. The van der Waals surface area contributed by atoms with Crippen LogP contribution in [0.2, 0.25) is 0 Å². The predicted molar refractivity (Wildman–Crippen MR) is 200 cm³/mol. The largest absolute Gasteiger partial charge is 3.00 e. The molecule has 244 valence electrons. The average molecular weight is 826 g/mol. The van der Waals surface area contributed by atoms with Gasteiger partial charge in [0.2, 0.25) is 0 Å². The Kier molecular flexibility index (Phi) is 8.18. The van der Waals surface area contributed by atoms with E-state index in [1.807, 2.05) is 36.7 Å². The zero-order valence-corrected chi connectivity index (χ0v) is 30.4. The van der Waals surface area contributed by atoms with E-state index in [0.717, 1.165) is 62.4 Å². The molecule has 0 bridgehead atoms. The first-order valence-electron chi connectivity index (χ1n) is 16.8. The molecule has 0 atom stereocenters. The topological polar surface area (TPSA) is 49.6 Å². The van der Waals surface area contributed by atoms with Gasteiger partial charge >= 0.3 is 20.1 Å². The van der Waals surface area contributed by atoms with E-state index in [1.165, 1.54) is 39.1 Å². The van der Waals surface area contributed by atoms with E-state index in [0.29, 0.717) is 0 Å². The molecule has 10 rings (SSSR count). The van der Waals surface area contributed by atoms with E-state index in [1.54, 1.807) is 6.33 Å². The average Bonchev–Trinajstić information content (AvgIpc) is 3.79. The Morgan fingerprint density at radius 1 is 0.760 bits per heavy atom. The van der Waals surface area contributed by atoms with Gasteiger partial charge in [0.15, 0.2) is 0 Å². The summed E-state index contributed by atoms with van der Waals surface area (Å²) in [5, 5.41) is 4.34. The van der Waals surface area contributed by atoms with Crippen LogP contribution in [0.4, 0.5) is 5.69 Å². The maximum Gasteiger partial charge on any atom is 3.00 e. The minimum absolute atomic E-state index is 0. The van der Waals surface area contributed by atoms with E-state index in [-0.39, 0.29) is 20.1 Å². The minimum Gasteiger partial charge on any atom is -0.510 e. The molecule has 7 heteroatoms. The molecule has 0 aliphatic carbocycles. The molecule has 5 aromatic carbocycles. The molecule has 0 N–H and O–H groups in total. The Labute approximate surface area is 305 Å². The van der Waals surface area contributed by atoms with Gasteiger partial charge in [-0.25, -0.2) is 9.97 Å². The molecule has 0 unspecified atom stereocenters. The smallest absolute Gasteiger partial charge is 0.510 e. The number of pyridine rings is 1. The SMILES string of the molecule is CCc1cccc(CC)c1-c1cnc2c3[c-]cccc3c3cc4ncncc4cc3n12.CN1C=C2c3ccccc3-c3ccc[c-]c3N2[CH-]1.[Ir+3]. The van der Waals surface area contributed by atoms with Crippen molar-refractivity contribution in [2.45, 2.75) is 26.7 Å². The molecule has 5 heterocycles. The monoisotopic (exact) mass is 826 g/mol. The van der Waals surface area contributed by atoms with E-state index in [9.17, 15) is 0 Å². The van der Waals surface area contributed by atoms with Crippen LogP contribution in [-0.2, 0) is 32.9 Å². The molecule has 0 saturated carbocycles. The zero-order chi connectivity index (χ0) is 33.1. The summed E-state index contributed by atoms with van der Waals surface area (Å²) in [4.78, 5) is 17.9. The summed E-state index contributed by atoms with van der Waals surface area (Å²) in [6.45, 7) is 6.53. The maximum atomic E-state index is 4.90. The summed E-state index contributed by atoms with van der Waals surface area (Å²) in [6, 6.07) is 38.6. The fraction of sp³-hybridized carbons (Fsp3) is 0.116. The van der Waals surface area contributed by atoms with Crippen molar-refractivity contribution >= 4 is 49.6 Å². The molecule has 0 amide bonds. The van der Waals surface area contributed by atoms with Crippen molar-refractivity contribution in [1.29, 1.82) is 0 Å². The minimum atomic E-state index is 0. The molecular formula is C43H33IrN6. The Hall–Kier alpha value is -5.36. The first-order chi connectivity index (χ1) is 24.1. The summed E-state index contributed by atoms with van der Waals surface area (Å²) in [6.07, 6.45) is 9.62. The third-order valence-electron chi connectivity index (χ3n) is 9.70. The number of imidazole rings is 1. The summed E-state index contributed by atoms with van der Waals surface area (Å²) in [7, 11) is 2.05. The number of fused-ring (bicyclic) bond motifs is 13. The Balaban J connectivity index is 0.000000162. The molecule has 0 saturated heterocycles. The molecule has 0 spiro atoms. The maximum absolute atomic E-state index is 4.90. The second-order valence-corrected chi connectivity index (χ2v) is 12.5. The van der Waals surface area contributed by atoms with E-state index >= 15 is 0 Å². The van der Waals surface area contributed by atoms with Gasteiger partial charge in [-0.3, -0.25) is 4.98 Å². The third kappa shape index (κ3) is 5.00. The number of hydrogen-bond donors (Lipinski definition) is 0. The molecule has 0 fully saturated rings. The first kappa shape index (κ1) is 31.9. The normalized spacial score (nSPS) is 13.1. The number of aryl methyl sites for hydroxylation is 2. The van der Waals surface area contributed by atoms with Gasteiger partial charge in [-0.1, -0.05) is 72.9 Å². The molecular weight excluding hydrogens is 793 g/mol. The molecule has 2 aliphatic heterocycles. The fourth-order valence-corrected chi connectivity index (χ4v) is 7.48. The molecule has 50 heavy (non-hydrogen) atoms. The molecule has 8 aromatic rings. The van der Waals surface area contributed by atoms with E-state index in [2.05, 4.69) is 137 Å². The first-order valence-corrected chi connectivity index (χ1v) is 16.8. The number of anilines is 1. The Morgan fingerprint density at radius 2 is 1.52 bits per heavy atom. The van der Waals surface area contributed by atoms with Gasteiger partial charge in [-0.05, 0) is 60.3 Å². The van der Waals surface area contributed by atoms with Gasteiger partial charge in [0.25, 0.3) is 0 Å². The van der Waals surface area contributed by atoms with Crippen molar-refractivity contribution in [2.75, 3.05) is 11.9 Å². The molecule has 2 aliphatic rings. The van der Waals surface area contributed by atoms with Crippen molar-refractivity contribution in [3.05, 3.63) is 151 Å². The summed E-state index contributed by atoms with van der Waals surface area (Å²) >= 11 is 0. The molecule has 6 nitrogen and oxygen atoms in total. The van der Waals surface area contributed by atoms with Crippen LogP contribution < -0.4 is 4.90 Å². The quantitative estimate of drug-likeness (QED) is 0.101. The van der Waals surface area contributed by atoms with Crippen molar-refractivity contribution in [2.24, 2.45) is 0 Å². The van der Waals surface area contributed by atoms with Gasteiger partial charge in [0, 0.05) is 34.6 Å². The second kappa shape index (κ2) is 12.8. The van der Waals surface area contributed by atoms with Gasteiger partial charge < -0.3 is 14.2 Å². The fourth-order valence-electron chi connectivity index (χ4n) is 7.48. The van der Waals surface area contributed by atoms with E-state index in [4.69, 9.17) is 4.98 Å². The van der Waals surface area contributed by atoms with Crippen LogP contribution in [-0.4, -0.2) is 31.3 Å². The van der Waals surface area contributed by atoms with Crippen molar-refractivity contribution in [3.63, 3.8) is 0 Å². The number of rotatable bonds is 3. The van der Waals surface area contributed by atoms with Crippen molar-refractivity contribution < 1.29 is 20.1 Å². The van der Waals surface area contributed by atoms with Crippen LogP contribution in [0.1, 0.15) is 30.5 Å². The van der Waals surface area contributed by atoms with Crippen molar-refractivity contribution in [1.82, 2.24) is 24.3 Å². The predicted octanol–water partition coefficient (Wildman–Crippen LogP) is 9.51. The standard InChI is InChI=1S/C27H21N4.C16H12N2.Ir/c1-3-17-8-7-9-18(4-2)26(17)25-15-29-27-21-11-6-5-10-20(21)22-13-23-19(14-28-16-30-23)12-24(22)31(25)27;1-17-10-16-14-8-3-2-6-12(14)13-7-4-5-9-15(13)18(16)11-17;/h5-10,12-16H,3-4H2,1-2H3;2-8,10-11H,1H3;/q-1;-2;+3. The van der Waals surface area contributed by atoms with Gasteiger partial charge in [-0.2, -0.15) is 30.9 Å². The van der Waals surface area contributed by atoms with Crippen LogP contribution in [0.5, 0.6) is 0 Å². The Morgan fingerprint density at radius 3 is 2.34 bits per heavy atom. The summed E-state index contributed by atoms with van der Waals surface area (Å²) < 4.78 is 2.30. The summed E-state index contributed by atoms with van der Waals surface area (Å²) in [5.41, 5.74) is 14.3. The van der Waals surface area contributed by atoms with Crippen LogP contribution in [0, 0.1) is 18.8 Å². The third-order valence-corrected chi connectivity index (χ3v) is 9.70. The van der Waals surface area contributed by atoms with Gasteiger partial charge in [0.1, 0.15) is 6.33 Å². The van der Waals surface area contributed by atoms with Crippen LogP contribution >= 0.6 is 0 Å². The summed E-state index contributed by atoms with van der Waals surface area (Å²) in [5.74, 6) is 0. The zero-order valence-electron chi connectivity index (χ0n) is 28.0. The Bertz CT molecular complexity index is 2580. The number of nitrogens with zero attached hydrogens (tertiary/aromatic N) is 6. The molecule has 0 radical (unpaired) electrons. The van der Waals surface area contributed by atoms with E-state index < -0.39 is 0 Å². The number of hydrogen-bond acceptors (Lipinski definition) is 5.